The van der Waals surface area contributed by atoms with Crippen molar-refractivity contribution in [3.63, 3.8) is 0 Å². The standard InChI is InChI=1S/C26H18F3N3O/c27-18-8-9-19-17(14-18)7-11-22-25(19)32-24(16-4-2-1-3-5-16)26(30-22)31-23(33)13-15-6-10-20(28)21(29)12-15/h1-6,8-10,12,14H,7,11,13H2,(H,30,31,33). The number of carbonyl (C=O) groups is 1. The first-order valence-electron chi connectivity index (χ1n) is 10.5. The van der Waals surface area contributed by atoms with E-state index in [0.717, 1.165) is 28.8 Å². The van der Waals surface area contributed by atoms with Crippen molar-refractivity contribution in [1.82, 2.24) is 9.97 Å². The summed E-state index contributed by atoms with van der Waals surface area (Å²) in [5.41, 5.74) is 4.63. The molecule has 1 amide bonds. The van der Waals surface area contributed by atoms with E-state index in [4.69, 9.17) is 9.97 Å². The number of nitrogens with zero attached hydrogens (tertiary/aromatic N) is 2. The Kier molecular flexibility index (Phi) is 5.38. The fourth-order valence-electron chi connectivity index (χ4n) is 4.01. The fraction of sp³-hybridized carbons (Fsp3) is 0.115. The van der Waals surface area contributed by atoms with E-state index in [1.165, 1.54) is 18.2 Å². The van der Waals surface area contributed by atoms with Crippen molar-refractivity contribution in [2.24, 2.45) is 0 Å². The molecule has 3 aromatic carbocycles. The van der Waals surface area contributed by atoms with Crippen molar-refractivity contribution in [2.75, 3.05) is 5.32 Å². The van der Waals surface area contributed by atoms with E-state index < -0.39 is 17.5 Å². The Hall–Kier alpha value is -4.00. The van der Waals surface area contributed by atoms with E-state index >= 15 is 0 Å². The number of carbonyl (C=O) groups excluding carboxylic acids is 1. The summed E-state index contributed by atoms with van der Waals surface area (Å²) < 4.78 is 40.4. The Morgan fingerprint density at radius 3 is 2.45 bits per heavy atom. The van der Waals surface area contributed by atoms with E-state index in [2.05, 4.69) is 5.32 Å². The summed E-state index contributed by atoms with van der Waals surface area (Å²) in [6, 6.07) is 17.3. The molecule has 4 aromatic rings. The minimum Gasteiger partial charge on any atom is -0.309 e. The molecule has 0 bridgehead atoms. The molecular weight excluding hydrogens is 427 g/mol. The lowest BCUT2D eigenvalue weighted by molar-refractivity contribution is -0.115. The van der Waals surface area contributed by atoms with Gasteiger partial charge in [-0.3, -0.25) is 4.79 Å². The normalized spacial score (nSPS) is 12.1. The van der Waals surface area contributed by atoms with Crippen LogP contribution in [0.25, 0.3) is 22.5 Å². The van der Waals surface area contributed by atoms with Crippen LogP contribution in [-0.2, 0) is 24.1 Å². The van der Waals surface area contributed by atoms with Crippen LogP contribution in [0.1, 0.15) is 16.8 Å². The van der Waals surface area contributed by atoms with Gasteiger partial charge in [-0.2, -0.15) is 0 Å². The van der Waals surface area contributed by atoms with Crippen LogP contribution in [0.15, 0.2) is 66.7 Å². The number of hydrogen-bond donors (Lipinski definition) is 1. The third kappa shape index (κ3) is 4.22. The molecule has 33 heavy (non-hydrogen) atoms. The van der Waals surface area contributed by atoms with Gasteiger partial charge in [-0.15, -0.1) is 0 Å². The summed E-state index contributed by atoms with van der Waals surface area (Å²) in [5.74, 6) is -2.40. The lowest BCUT2D eigenvalue weighted by atomic mass is 9.91. The molecule has 164 valence electrons. The maximum absolute atomic E-state index is 13.7. The third-order valence-corrected chi connectivity index (χ3v) is 5.58. The van der Waals surface area contributed by atoms with Crippen molar-refractivity contribution in [1.29, 1.82) is 0 Å². The van der Waals surface area contributed by atoms with Gasteiger partial charge in [0.15, 0.2) is 17.5 Å². The maximum atomic E-state index is 13.7. The molecule has 0 saturated carbocycles. The summed E-state index contributed by atoms with van der Waals surface area (Å²) in [4.78, 5) is 22.3. The van der Waals surface area contributed by atoms with Crippen LogP contribution in [0, 0.1) is 17.5 Å². The van der Waals surface area contributed by atoms with Crippen molar-refractivity contribution in [2.45, 2.75) is 19.3 Å². The molecule has 1 aromatic heterocycles. The largest absolute Gasteiger partial charge is 0.309 e. The molecule has 5 rings (SSSR count). The lowest BCUT2D eigenvalue weighted by Crippen LogP contribution is -2.19. The Balaban J connectivity index is 1.53. The number of nitrogens with one attached hydrogen (secondary N) is 1. The predicted molar refractivity (Wildman–Crippen MR) is 119 cm³/mol. The van der Waals surface area contributed by atoms with Crippen LogP contribution in [0.3, 0.4) is 0 Å². The monoisotopic (exact) mass is 445 g/mol. The SMILES string of the molecule is O=C(Cc1ccc(F)c(F)c1)Nc1nc2c(nc1-c1ccccc1)-c1ccc(F)cc1CC2. The Labute approximate surface area is 188 Å². The molecule has 0 fully saturated rings. The average Bonchev–Trinajstić information content (AvgIpc) is 2.81. The second-order valence-electron chi connectivity index (χ2n) is 7.86. The third-order valence-electron chi connectivity index (χ3n) is 5.58. The molecule has 0 atom stereocenters. The van der Waals surface area contributed by atoms with Gasteiger partial charge in [0.25, 0.3) is 0 Å². The zero-order valence-corrected chi connectivity index (χ0v) is 17.4. The first-order valence-corrected chi connectivity index (χ1v) is 10.5. The van der Waals surface area contributed by atoms with Crippen molar-refractivity contribution in [3.05, 3.63) is 101 Å². The van der Waals surface area contributed by atoms with E-state index in [1.54, 1.807) is 6.07 Å². The number of amides is 1. The van der Waals surface area contributed by atoms with E-state index in [9.17, 15) is 18.0 Å². The highest BCUT2D eigenvalue weighted by atomic mass is 19.2. The Morgan fingerprint density at radius 2 is 1.67 bits per heavy atom. The summed E-state index contributed by atoms with van der Waals surface area (Å²) in [6.45, 7) is 0. The van der Waals surface area contributed by atoms with Crippen molar-refractivity contribution >= 4 is 11.7 Å². The topological polar surface area (TPSA) is 54.9 Å². The quantitative estimate of drug-likeness (QED) is 0.451. The van der Waals surface area contributed by atoms with Gasteiger partial charge in [0.2, 0.25) is 5.91 Å². The highest BCUT2D eigenvalue weighted by Crippen LogP contribution is 2.36. The molecule has 1 heterocycles. The van der Waals surface area contributed by atoms with Crippen molar-refractivity contribution in [3.8, 4) is 22.5 Å². The number of rotatable bonds is 4. The van der Waals surface area contributed by atoms with Crippen LogP contribution in [0.5, 0.6) is 0 Å². The first kappa shape index (κ1) is 20.9. The molecule has 1 aliphatic carbocycles. The minimum absolute atomic E-state index is 0.147. The van der Waals surface area contributed by atoms with E-state index in [1.807, 2.05) is 30.3 Å². The predicted octanol–water partition coefficient (Wildman–Crippen LogP) is 5.51. The number of hydrogen-bond acceptors (Lipinski definition) is 3. The van der Waals surface area contributed by atoms with Gasteiger partial charge in [0, 0.05) is 11.1 Å². The second kappa shape index (κ2) is 8.50. The molecular formula is C26H18F3N3O. The summed E-state index contributed by atoms with van der Waals surface area (Å²) in [7, 11) is 0. The van der Waals surface area contributed by atoms with Crippen molar-refractivity contribution < 1.29 is 18.0 Å². The van der Waals surface area contributed by atoms with E-state index in [-0.39, 0.29) is 18.1 Å². The molecule has 0 unspecified atom stereocenters. The number of halogens is 3. The van der Waals surface area contributed by atoms with Crippen LogP contribution < -0.4 is 5.32 Å². The molecule has 1 N–H and O–H groups in total. The van der Waals surface area contributed by atoms with Gasteiger partial charge in [0.05, 0.1) is 17.8 Å². The van der Waals surface area contributed by atoms with Crippen LogP contribution in [-0.4, -0.2) is 15.9 Å². The molecule has 0 saturated heterocycles. The number of fused-ring (bicyclic) bond motifs is 3. The second-order valence-corrected chi connectivity index (χ2v) is 7.86. The molecule has 4 nitrogen and oxygen atoms in total. The average molecular weight is 445 g/mol. The number of aromatic nitrogens is 2. The van der Waals surface area contributed by atoms with Gasteiger partial charge < -0.3 is 5.32 Å². The van der Waals surface area contributed by atoms with Gasteiger partial charge in [-0.25, -0.2) is 23.1 Å². The van der Waals surface area contributed by atoms with Crippen LogP contribution in [0.4, 0.5) is 19.0 Å². The van der Waals surface area contributed by atoms with Gasteiger partial charge in [-0.05, 0) is 54.3 Å². The van der Waals surface area contributed by atoms with Crippen LogP contribution >= 0.6 is 0 Å². The Bertz CT molecular complexity index is 1370. The number of aryl methyl sites for hydroxylation is 2. The zero-order valence-electron chi connectivity index (χ0n) is 17.4. The van der Waals surface area contributed by atoms with Crippen LogP contribution in [0.2, 0.25) is 0 Å². The maximum Gasteiger partial charge on any atom is 0.230 e. The Morgan fingerprint density at radius 1 is 0.848 bits per heavy atom. The highest BCUT2D eigenvalue weighted by Gasteiger charge is 2.23. The minimum atomic E-state index is -1.01. The first-order chi connectivity index (χ1) is 16.0. The lowest BCUT2D eigenvalue weighted by Gasteiger charge is -2.21. The smallest absolute Gasteiger partial charge is 0.230 e. The molecule has 1 aliphatic rings. The van der Waals surface area contributed by atoms with Gasteiger partial charge in [0.1, 0.15) is 11.5 Å². The zero-order chi connectivity index (χ0) is 22.9. The number of anilines is 1. The highest BCUT2D eigenvalue weighted by molar-refractivity contribution is 5.95. The molecule has 0 spiro atoms. The van der Waals surface area contributed by atoms with Gasteiger partial charge >= 0.3 is 0 Å². The van der Waals surface area contributed by atoms with Gasteiger partial charge in [-0.1, -0.05) is 36.4 Å². The fourth-order valence-corrected chi connectivity index (χ4v) is 4.01. The molecule has 0 radical (unpaired) electrons. The van der Waals surface area contributed by atoms with E-state index in [0.29, 0.717) is 35.5 Å². The molecule has 7 heteroatoms. The molecule has 0 aliphatic heterocycles. The number of benzene rings is 3. The summed E-state index contributed by atoms with van der Waals surface area (Å²) in [6.07, 6.45) is 1.02. The summed E-state index contributed by atoms with van der Waals surface area (Å²) >= 11 is 0. The summed E-state index contributed by atoms with van der Waals surface area (Å²) in [5, 5.41) is 2.79.